The minimum Gasteiger partial charge on any atom is -0.369 e. The van der Waals surface area contributed by atoms with E-state index in [1.165, 1.54) is 6.07 Å². The second-order valence-corrected chi connectivity index (χ2v) is 5.21. The summed E-state index contributed by atoms with van der Waals surface area (Å²) in [6, 6.07) is 10.7. The van der Waals surface area contributed by atoms with Crippen molar-refractivity contribution >= 4 is 28.6 Å². The summed E-state index contributed by atoms with van der Waals surface area (Å²) in [6.45, 7) is 2.27. The van der Waals surface area contributed by atoms with Crippen molar-refractivity contribution in [3.05, 3.63) is 58.4 Å². The molecule has 3 aromatic rings. The van der Waals surface area contributed by atoms with Crippen LogP contribution in [0.15, 0.2) is 36.4 Å². The van der Waals surface area contributed by atoms with E-state index in [9.17, 15) is 4.39 Å². The van der Waals surface area contributed by atoms with Crippen molar-refractivity contribution < 1.29 is 4.39 Å². The molecular formula is C15H13ClFN3. The topological polar surface area (TPSA) is 43.8 Å². The lowest BCUT2D eigenvalue weighted by Crippen LogP contribution is -2.04. The van der Waals surface area contributed by atoms with Gasteiger partial charge in [-0.25, -0.2) is 9.37 Å². The molecule has 1 aromatic heterocycles. The Labute approximate surface area is 120 Å². The largest absolute Gasteiger partial charge is 0.369 e. The molecule has 0 aliphatic carbocycles. The molecule has 0 aliphatic rings. The van der Waals surface area contributed by atoms with Gasteiger partial charge >= 0.3 is 0 Å². The number of benzene rings is 2. The number of nitrogens with zero attached hydrogens (tertiary/aromatic N) is 2. The van der Waals surface area contributed by atoms with Gasteiger partial charge in [-0.2, -0.15) is 0 Å². The second-order valence-electron chi connectivity index (χ2n) is 4.78. The Morgan fingerprint density at radius 2 is 2.10 bits per heavy atom. The van der Waals surface area contributed by atoms with Crippen LogP contribution < -0.4 is 5.73 Å². The third-order valence-corrected chi connectivity index (χ3v) is 3.52. The summed E-state index contributed by atoms with van der Waals surface area (Å²) < 4.78 is 15.4. The molecular weight excluding hydrogens is 277 g/mol. The Morgan fingerprint density at radius 3 is 2.85 bits per heavy atom. The maximum atomic E-state index is 13.6. The number of hydrogen-bond donors (Lipinski definition) is 1. The van der Waals surface area contributed by atoms with Crippen molar-refractivity contribution in [3.63, 3.8) is 0 Å². The molecule has 0 spiro atoms. The van der Waals surface area contributed by atoms with Gasteiger partial charge in [0.25, 0.3) is 0 Å². The third kappa shape index (κ3) is 2.23. The van der Waals surface area contributed by atoms with Crippen molar-refractivity contribution in [2.75, 3.05) is 5.73 Å². The van der Waals surface area contributed by atoms with Gasteiger partial charge in [0.1, 0.15) is 5.82 Å². The van der Waals surface area contributed by atoms with Gasteiger partial charge in [-0.3, -0.25) is 0 Å². The molecule has 2 aromatic carbocycles. The first-order valence-corrected chi connectivity index (χ1v) is 6.58. The number of halogens is 2. The molecule has 5 heteroatoms. The fourth-order valence-electron chi connectivity index (χ4n) is 2.25. The van der Waals surface area contributed by atoms with E-state index in [4.69, 9.17) is 17.3 Å². The summed E-state index contributed by atoms with van der Waals surface area (Å²) in [5.74, 6) is 0.0925. The SMILES string of the molecule is Cc1cc2c(cc1F)nc(N)n2Cc1cccc(Cl)c1. The zero-order valence-electron chi connectivity index (χ0n) is 10.9. The van der Waals surface area contributed by atoms with Crippen molar-refractivity contribution in [2.45, 2.75) is 13.5 Å². The summed E-state index contributed by atoms with van der Waals surface area (Å²) in [5.41, 5.74) is 8.91. The first-order valence-electron chi connectivity index (χ1n) is 6.21. The zero-order valence-corrected chi connectivity index (χ0v) is 11.7. The van der Waals surface area contributed by atoms with Gasteiger partial charge < -0.3 is 10.3 Å². The molecule has 0 bridgehead atoms. The van der Waals surface area contributed by atoms with Gasteiger partial charge in [0.2, 0.25) is 5.95 Å². The lowest BCUT2D eigenvalue weighted by molar-refractivity contribution is 0.620. The minimum absolute atomic E-state index is 0.273. The Balaban J connectivity index is 2.11. The van der Waals surface area contributed by atoms with E-state index in [0.717, 1.165) is 11.1 Å². The molecule has 0 saturated carbocycles. The number of hydrogen-bond acceptors (Lipinski definition) is 2. The Hall–Kier alpha value is -2.07. The van der Waals surface area contributed by atoms with E-state index in [1.807, 2.05) is 28.8 Å². The highest BCUT2D eigenvalue weighted by Gasteiger charge is 2.11. The number of imidazole rings is 1. The molecule has 0 unspecified atom stereocenters. The Bertz CT molecular complexity index is 795. The molecule has 0 saturated heterocycles. The van der Waals surface area contributed by atoms with Gasteiger partial charge in [0.15, 0.2) is 0 Å². The van der Waals surface area contributed by atoms with Crippen LogP contribution in [0.25, 0.3) is 11.0 Å². The minimum atomic E-state index is -0.273. The van der Waals surface area contributed by atoms with E-state index in [2.05, 4.69) is 4.98 Å². The Kier molecular flexibility index (Phi) is 3.10. The van der Waals surface area contributed by atoms with Crippen LogP contribution in [-0.4, -0.2) is 9.55 Å². The molecule has 20 heavy (non-hydrogen) atoms. The summed E-state index contributed by atoms with van der Waals surface area (Å²) in [5, 5.41) is 0.674. The monoisotopic (exact) mass is 289 g/mol. The fraction of sp³-hybridized carbons (Fsp3) is 0.133. The summed E-state index contributed by atoms with van der Waals surface area (Å²) >= 11 is 5.98. The van der Waals surface area contributed by atoms with Gasteiger partial charge in [0.05, 0.1) is 17.6 Å². The molecule has 0 fully saturated rings. The lowest BCUT2D eigenvalue weighted by Gasteiger charge is -2.07. The number of aromatic nitrogens is 2. The Morgan fingerprint density at radius 1 is 1.30 bits per heavy atom. The standard InChI is InChI=1S/C15H13ClFN3/c1-9-5-14-13(7-12(9)17)19-15(18)20(14)8-10-3-2-4-11(16)6-10/h2-7H,8H2,1H3,(H2,18,19). The summed E-state index contributed by atoms with van der Waals surface area (Å²) in [4.78, 5) is 4.20. The van der Waals surface area contributed by atoms with Crippen LogP contribution in [0.4, 0.5) is 10.3 Å². The molecule has 3 rings (SSSR count). The zero-order chi connectivity index (χ0) is 14.3. The van der Waals surface area contributed by atoms with E-state index < -0.39 is 0 Å². The van der Waals surface area contributed by atoms with Crippen LogP contribution in [0.3, 0.4) is 0 Å². The van der Waals surface area contributed by atoms with Crippen molar-refractivity contribution in [1.82, 2.24) is 9.55 Å². The van der Waals surface area contributed by atoms with Crippen molar-refractivity contribution in [1.29, 1.82) is 0 Å². The maximum Gasteiger partial charge on any atom is 0.201 e. The molecule has 0 amide bonds. The molecule has 0 aliphatic heterocycles. The van der Waals surface area contributed by atoms with E-state index in [0.29, 0.717) is 28.6 Å². The molecule has 102 valence electrons. The van der Waals surface area contributed by atoms with Crippen LogP contribution in [0.1, 0.15) is 11.1 Å². The normalized spacial score (nSPS) is 11.2. The molecule has 0 atom stereocenters. The van der Waals surface area contributed by atoms with Crippen molar-refractivity contribution in [3.8, 4) is 0 Å². The molecule has 2 N–H and O–H groups in total. The van der Waals surface area contributed by atoms with E-state index in [-0.39, 0.29) is 5.82 Å². The number of fused-ring (bicyclic) bond motifs is 1. The summed E-state index contributed by atoms with van der Waals surface area (Å²) in [6.07, 6.45) is 0. The molecule has 1 heterocycles. The van der Waals surface area contributed by atoms with Crippen LogP contribution in [0.5, 0.6) is 0 Å². The predicted octanol–water partition coefficient (Wildman–Crippen LogP) is 3.77. The van der Waals surface area contributed by atoms with Crippen LogP contribution in [0.2, 0.25) is 5.02 Å². The van der Waals surface area contributed by atoms with Crippen LogP contribution in [-0.2, 0) is 6.54 Å². The van der Waals surface area contributed by atoms with Gasteiger partial charge in [0, 0.05) is 11.1 Å². The van der Waals surface area contributed by atoms with Crippen LogP contribution >= 0.6 is 11.6 Å². The highest BCUT2D eigenvalue weighted by atomic mass is 35.5. The number of nitrogen functional groups attached to an aromatic ring is 1. The maximum absolute atomic E-state index is 13.6. The van der Waals surface area contributed by atoms with Gasteiger partial charge in [-0.1, -0.05) is 23.7 Å². The highest BCUT2D eigenvalue weighted by Crippen LogP contribution is 2.23. The van der Waals surface area contributed by atoms with Crippen LogP contribution in [0, 0.1) is 12.7 Å². The third-order valence-electron chi connectivity index (χ3n) is 3.29. The van der Waals surface area contributed by atoms with E-state index in [1.54, 1.807) is 13.0 Å². The van der Waals surface area contributed by atoms with Gasteiger partial charge in [-0.05, 0) is 36.2 Å². The predicted molar refractivity (Wildman–Crippen MR) is 79.4 cm³/mol. The summed E-state index contributed by atoms with van der Waals surface area (Å²) in [7, 11) is 0. The second kappa shape index (κ2) is 4.80. The average molecular weight is 290 g/mol. The lowest BCUT2D eigenvalue weighted by atomic mass is 10.2. The van der Waals surface area contributed by atoms with Gasteiger partial charge in [-0.15, -0.1) is 0 Å². The van der Waals surface area contributed by atoms with E-state index >= 15 is 0 Å². The number of rotatable bonds is 2. The fourth-order valence-corrected chi connectivity index (χ4v) is 2.47. The highest BCUT2D eigenvalue weighted by molar-refractivity contribution is 6.30. The average Bonchev–Trinajstić information content (AvgIpc) is 2.67. The molecule has 3 nitrogen and oxygen atoms in total. The number of aryl methyl sites for hydroxylation is 1. The quantitative estimate of drug-likeness (QED) is 0.780. The van der Waals surface area contributed by atoms with Crippen molar-refractivity contribution in [2.24, 2.45) is 0 Å². The number of nitrogens with two attached hydrogens (primary N) is 1. The number of anilines is 1. The smallest absolute Gasteiger partial charge is 0.201 e. The first-order chi connectivity index (χ1) is 9.54. The first kappa shape index (κ1) is 12.9. The molecule has 0 radical (unpaired) electrons.